The Morgan fingerprint density at radius 2 is 1.97 bits per heavy atom. The topological polar surface area (TPSA) is 94.2 Å². The molecule has 1 N–H and O–H groups in total. The van der Waals surface area contributed by atoms with E-state index >= 15 is 0 Å². The number of nitrogens with zero attached hydrogens (tertiary/aromatic N) is 5. The summed E-state index contributed by atoms with van der Waals surface area (Å²) in [7, 11) is 0. The van der Waals surface area contributed by atoms with Crippen molar-refractivity contribution in [3.8, 4) is 0 Å². The highest BCUT2D eigenvalue weighted by atomic mass is 19.4. The van der Waals surface area contributed by atoms with Crippen molar-refractivity contribution in [3.05, 3.63) is 64.1 Å². The zero-order valence-corrected chi connectivity index (χ0v) is 16.2. The Labute approximate surface area is 176 Å². The fourth-order valence-corrected chi connectivity index (χ4v) is 3.43. The lowest BCUT2D eigenvalue weighted by Crippen LogP contribution is -2.30. The van der Waals surface area contributed by atoms with Crippen LogP contribution in [0.5, 0.6) is 0 Å². The van der Waals surface area contributed by atoms with Gasteiger partial charge in [0.25, 0.3) is 5.56 Å². The van der Waals surface area contributed by atoms with Crippen LogP contribution in [0, 0.1) is 5.82 Å². The lowest BCUT2D eigenvalue weighted by Gasteiger charge is -2.12. The second kappa shape index (κ2) is 7.11. The van der Waals surface area contributed by atoms with Crippen molar-refractivity contribution in [1.82, 2.24) is 24.1 Å². The molecule has 4 aromatic heterocycles. The molecule has 0 bridgehead atoms. The number of carbonyl (C=O) groups excluding carboxylic acids is 1. The number of hydrogen-bond donors (Lipinski definition) is 1. The number of carbonyl (C=O) groups is 1. The van der Waals surface area contributed by atoms with Gasteiger partial charge >= 0.3 is 6.18 Å². The first-order valence-corrected chi connectivity index (χ1v) is 9.62. The van der Waals surface area contributed by atoms with E-state index in [1.165, 1.54) is 10.6 Å². The van der Waals surface area contributed by atoms with Gasteiger partial charge in [0, 0.05) is 12.0 Å². The molecule has 0 aliphatic heterocycles. The van der Waals surface area contributed by atoms with E-state index in [9.17, 15) is 27.2 Å². The van der Waals surface area contributed by atoms with Gasteiger partial charge < -0.3 is 5.32 Å². The first-order valence-electron chi connectivity index (χ1n) is 9.62. The predicted molar refractivity (Wildman–Crippen MR) is 105 cm³/mol. The summed E-state index contributed by atoms with van der Waals surface area (Å²) in [6.07, 6.45) is -2.00. The number of anilines is 1. The van der Waals surface area contributed by atoms with Crippen molar-refractivity contribution in [1.29, 1.82) is 0 Å². The zero-order valence-electron chi connectivity index (χ0n) is 16.2. The fraction of sp³-hybridized carbons (Fsp3) is 0.250. The summed E-state index contributed by atoms with van der Waals surface area (Å²) < 4.78 is 54.9. The van der Waals surface area contributed by atoms with Crippen LogP contribution in [0.1, 0.15) is 30.1 Å². The first-order chi connectivity index (χ1) is 15.2. The fourth-order valence-electron chi connectivity index (χ4n) is 3.43. The van der Waals surface area contributed by atoms with E-state index in [4.69, 9.17) is 0 Å². The third-order valence-corrected chi connectivity index (χ3v) is 5.12. The van der Waals surface area contributed by atoms with Crippen molar-refractivity contribution in [2.24, 2.45) is 0 Å². The predicted octanol–water partition coefficient (Wildman–Crippen LogP) is 3.11. The molecule has 0 atom stereocenters. The summed E-state index contributed by atoms with van der Waals surface area (Å²) in [4.78, 5) is 33.0. The van der Waals surface area contributed by atoms with Gasteiger partial charge in [-0.15, -0.1) is 0 Å². The van der Waals surface area contributed by atoms with Crippen LogP contribution < -0.4 is 10.9 Å². The molecule has 4 heterocycles. The maximum Gasteiger partial charge on any atom is 0.433 e. The standard InChI is InChI=1S/C20H14F4N6O2/c21-11-3-6-15(25-8-11)27-16(31)9-29-17-7-13(10-1-2-10)28-30(17)18-12(19(29)32)4-5-14(26-18)20(22,23)24/h3-8,10H,1-2,9H2,(H,25,27,31). The Kier molecular flexibility index (Phi) is 4.46. The minimum absolute atomic E-state index is 0.0879. The molecule has 0 aromatic carbocycles. The molecule has 1 aliphatic carbocycles. The molecule has 5 rings (SSSR count). The van der Waals surface area contributed by atoms with E-state index in [1.807, 2.05) is 0 Å². The summed E-state index contributed by atoms with van der Waals surface area (Å²) in [5, 5.41) is 6.72. The maximum atomic E-state index is 13.2. The number of fused-ring (bicyclic) bond motifs is 3. The van der Waals surface area contributed by atoms with Crippen LogP contribution >= 0.6 is 0 Å². The summed E-state index contributed by atoms with van der Waals surface area (Å²) >= 11 is 0. The van der Waals surface area contributed by atoms with Crippen molar-refractivity contribution in [2.75, 3.05) is 5.32 Å². The van der Waals surface area contributed by atoms with Gasteiger partial charge in [0.2, 0.25) is 5.91 Å². The second-order valence-corrected chi connectivity index (χ2v) is 7.48. The van der Waals surface area contributed by atoms with Crippen LogP contribution in [0.15, 0.2) is 41.3 Å². The maximum absolute atomic E-state index is 13.2. The van der Waals surface area contributed by atoms with Crippen LogP contribution in [0.3, 0.4) is 0 Å². The Bertz CT molecular complexity index is 1420. The molecular formula is C20H14F4N6O2. The zero-order chi connectivity index (χ0) is 22.6. The minimum Gasteiger partial charge on any atom is -0.309 e. The molecule has 8 nitrogen and oxygen atoms in total. The normalized spacial score (nSPS) is 14.2. The quantitative estimate of drug-likeness (QED) is 0.486. The van der Waals surface area contributed by atoms with Gasteiger partial charge in [0.05, 0.1) is 17.3 Å². The van der Waals surface area contributed by atoms with Crippen molar-refractivity contribution < 1.29 is 22.4 Å². The molecule has 1 fully saturated rings. The van der Waals surface area contributed by atoms with E-state index in [0.29, 0.717) is 11.8 Å². The molecule has 1 amide bonds. The third kappa shape index (κ3) is 3.57. The van der Waals surface area contributed by atoms with E-state index in [1.54, 1.807) is 6.07 Å². The van der Waals surface area contributed by atoms with Crippen LogP contribution in [0.2, 0.25) is 0 Å². The average molecular weight is 446 g/mol. The Morgan fingerprint density at radius 3 is 2.62 bits per heavy atom. The lowest BCUT2D eigenvalue weighted by atomic mass is 10.2. The number of hydrogen-bond acceptors (Lipinski definition) is 5. The molecule has 164 valence electrons. The summed E-state index contributed by atoms with van der Waals surface area (Å²) in [5.74, 6) is -0.962. The van der Waals surface area contributed by atoms with E-state index in [2.05, 4.69) is 20.4 Å². The van der Waals surface area contributed by atoms with Crippen LogP contribution in [-0.2, 0) is 17.5 Å². The van der Waals surface area contributed by atoms with Crippen LogP contribution in [0.4, 0.5) is 23.4 Å². The number of amides is 1. The molecule has 12 heteroatoms. The van der Waals surface area contributed by atoms with Crippen LogP contribution in [0.25, 0.3) is 16.7 Å². The number of halogens is 4. The molecule has 4 aromatic rings. The van der Waals surface area contributed by atoms with Gasteiger partial charge in [-0.2, -0.15) is 22.8 Å². The molecule has 0 radical (unpaired) electrons. The SMILES string of the molecule is O=C(Cn1c(=O)c2ccc(C(F)(F)F)nc2n2nc(C3CC3)cc12)Nc1ccc(F)cn1. The van der Waals surface area contributed by atoms with E-state index in [-0.39, 0.29) is 28.4 Å². The van der Waals surface area contributed by atoms with E-state index in [0.717, 1.165) is 35.7 Å². The summed E-state index contributed by atoms with van der Waals surface area (Å²) in [6, 6.07) is 5.71. The Balaban J connectivity index is 1.62. The largest absolute Gasteiger partial charge is 0.433 e. The highest BCUT2D eigenvalue weighted by molar-refractivity contribution is 5.90. The molecule has 0 saturated heterocycles. The number of aromatic nitrogens is 5. The smallest absolute Gasteiger partial charge is 0.309 e. The molecule has 0 unspecified atom stereocenters. The molecule has 1 saturated carbocycles. The number of pyridine rings is 2. The molecule has 1 aliphatic rings. The molecular weight excluding hydrogens is 432 g/mol. The van der Waals surface area contributed by atoms with Gasteiger partial charge in [0.1, 0.15) is 29.5 Å². The lowest BCUT2D eigenvalue weighted by molar-refractivity contribution is -0.141. The third-order valence-electron chi connectivity index (χ3n) is 5.12. The van der Waals surface area contributed by atoms with Crippen LogP contribution in [-0.4, -0.2) is 30.1 Å². The second-order valence-electron chi connectivity index (χ2n) is 7.48. The highest BCUT2D eigenvalue weighted by Gasteiger charge is 2.34. The average Bonchev–Trinajstić information content (AvgIpc) is 3.50. The van der Waals surface area contributed by atoms with Crippen molar-refractivity contribution >= 4 is 28.4 Å². The van der Waals surface area contributed by atoms with Gasteiger partial charge in [-0.3, -0.25) is 14.2 Å². The van der Waals surface area contributed by atoms with Gasteiger partial charge in [-0.05, 0) is 37.1 Å². The summed E-state index contributed by atoms with van der Waals surface area (Å²) in [5.41, 5.74) is -1.29. The number of rotatable bonds is 4. The number of alkyl halides is 3. The first kappa shape index (κ1) is 20.1. The Hall–Kier alpha value is -3.83. The summed E-state index contributed by atoms with van der Waals surface area (Å²) in [6.45, 7) is -0.450. The molecule has 0 spiro atoms. The minimum atomic E-state index is -4.69. The monoisotopic (exact) mass is 446 g/mol. The number of nitrogens with one attached hydrogen (secondary N) is 1. The van der Waals surface area contributed by atoms with Gasteiger partial charge in [0.15, 0.2) is 5.65 Å². The Morgan fingerprint density at radius 1 is 1.19 bits per heavy atom. The highest BCUT2D eigenvalue weighted by Crippen LogP contribution is 2.39. The van der Waals surface area contributed by atoms with Gasteiger partial charge in [-0.25, -0.2) is 14.4 Å². The van der Waals surface area contributed by atoms with Gasteiger partial charge in [-0.1, -0.05) is 0 Å². The van der Waals surface area contributed by atoms with E-state index < -0.39 is 35.7 Å². The van der Waals surface area contributed by atoms with Crippen molar-refractivity contribution in [2.45, 2.75) is 31.5 Å². The molecule has 32 heavy (non-hydrogen) atoms. The van der Waals surface area contributed by atoms with Crippen molar-refractivity contribution in [3.63, 3.8) is 0 Å².